The van der Waals surface area contributed by atoms with E-state index in [0.717, 1.165) is 18.6 Å². The van der Waals surface area contributed by atoms with Gasteiger partial charge in [0.15, 0.2) is 0 Å². The molecule has 2 heterocycles. The fourth-order valence-electron chi connectivity index (χ4n) is 3.01. The Morgan fingerprint density at radius 2 is 2.07 bits per heavy atom. The Hall–Kier alpha value is -0.120. The molecule has 88 valence electrons. The van der Waals surface area contributed by atoms with Crippen molar-refractivity contribution in [1.82, 2.24) is 15.1 Å². The molecular formula is C12H25N3. The zero-order valence-corrected chi connectivity index (χ0v) is 10.2. The number of hydrogen-bond acceptors (Lipinski definition) is 3. The van der Waals surface area contributed by atoms with Crippen LogP contribution in [0.3, 0.4) is 0 Å². The molecule has 0 amide bonds. The molecule has 2 aliphatic heterocycles. The van der Waals surface area contributed by atoms with Crippen LogP contribution in [0.25, 0.3) is 0 Å². The predicted molar refractivity (Wildman–Crippen MR) is 64.2 cm³/mol. The third-order valence-corrected chi connectivity index (χ3v) is 3.83. The molecule has 2 unspecified atom stereocenters. The minimum absolute atomic E-state index is 0.752. The second-order valence-corrected chi connectivity index (χ2v) is 5.10. The first kappa shape index (κ1) is 11.4. The Morgan fingerprint density at radius 3 is 2.80 bits per heavy atom. The van der Waals surface area contributed by atoms with Crippen LogP contribution in [-0.2, 0) is 0 Å². The highest BCUT2D eigenvalue weighted by Crippen LogP contribution is 2.19. The van der Waals surface area contributed by atoms with Crippen molar-refractivity contribution in [3.8, 4) is 0 Å². The average molecular weight is 211 g/mol. The summed E-state index contributed by atoms with van der Waals surface area (Å²) in [7, 11) is 2.25. The summed E-state index contributed by atoms with van der Waals surface area (Å²) in [6.45, 7) is 8.46. The molecule has 3 nitrogen and oxygen atoms in total. The summed E-state index contributed by atoms with van der Waals surface area (Å²) >= 11 is 0. The van der Waals surface area contributed by atoms with Gasteiger partial charge in [0, 0.05) is 31.7 Å². The molecule has 2 aliphatic rings. The van der Waals surface area contributed by atoms with Crippen LogP contribution in [0, 0.1) is 0 Å². The zero-order chi connectivity index (χ0) is 10.7. The molecule has 2 rings (SSSR count). The summed E-state index contributed by atoms with van der Waals surface area (Å²) < 4.78 is 0. The minimum atomic E-state index is 0.752. The average Bonchev–Trinajstić information content (AvgIpc) is 2.67. The zero-order valence-electron chi connectivity index (χ0n) is 10.2. The Bertz CT molecular complexity index is 195. The van der Waals surface area contributed by atoms with Gasteiger partial charge in [-0.2, -0.15) is 0 Å². The Kier molecular flexibility index (Phi) is 4.00. The van der Waals surface area contributed by atoms with Crippen molar-refractivity contribution < 1.29 is 0 Å². The van der Waals surface area contributed by atoms with Gasteiger partial charge in [0.05, 0.1) is 0 Å². The molecule has 0 spiro atoms. The van der Waals surface area contributed by atoms with Crippen LogP contribution in [0.5, 0.6) is 0 Å². The maximum absolute atomic E-state index is 3.57. The lowest BCUT2D eigenvalue weighted by Gasteiger charge is -2.35. The monoisotopic (exact) mass is 211 g/mol. The molecule has 0 aliphatic carbocycles. The lowest BCUT2D eigenvalue weighted by Crippen LogP contribution is -2.46. The van der Waals surface area contributed by atoms with Gasteiger partial charge in [-0.3, -0.25) is 4.90 Å². The molecular weight excluding hydrogens is 186 g/mol. The largest absolute Gasteiger partial charge is 0.313 e. The number of nitrogens with one attached hydrogen (secondary N) is 1. The predicted octanol–water partition coefficient (Wildman–Crippen LogP) is 0.764. The van der Waals surface area contributed by atoms with E-state index in [0.29, 0.717) is 0 Å². The third kappa shape index (κ3) is 2.92. The summed E-state index contributed by atoms with van der Waals surface area (Å²) in [6, 6.07) is 1.58. The van der Waals surface area contributed by atoms with Crippen molar-refractivity contribution in [1.29, 1.82) is 0 Å². The van der Waals surface area contributed by atoms with Crippen LogP contribution in [0.1, 0.15) is 26.2 Å². The molecule has 0 aromatic carbocycles. The molecule has 2 saturated heterocycles. The lowest BCUT2D eigenvalue weighted by atomic mass is 10.1. The molecule has 15 heavy (non-hydrogen) atoms. The van der Waals surface area contributed by atoms with E-state index in [4.69, 9.17) is 0 Å². The van der Waals surface area contributed by atoms with Gasteiger partial charge in [-0.1, -0.05) is 6.92 Å². The fourth-order valence-corrected chi connectivity index (χ4v) is 3.01. The van der Waals surface area contributed by atoms with Gasteiger partial charge < -0.3 is 10.2 Å². The van der Waals surface area contributed by atoms with E-state index in [-0.39, 0.29) is 0 Å². The van der Waals surface area contributed by atoms with Gasteiger partial charge in [0.1, 0.15) is 0 Å². The maximum Gasteiger partial charge on any atom is 0.0224 e. The molecule has 1 N–H and O–H groups in total. The van der Waals surface area contributed by atoms with Gasteiger partial charge in [-0.25, -0.2) is 0 Å². The van der Waals surface area contributed by atoms with E-state index >= 15 is 0 Å². The van der Waals surface area contributed by atoms with Crippen LogP contribution in [0.15, 0.2) is 0 Å². The summed E-state index contributed by atoms with van der Waals surface area (Å²) in [5.74, 6) is 0. The first-order valence-corrected chi connectivity index (χ1v) is 6.45. The summed E-state index contributed by atoms with van der Waals surface area (Å²) in [5.41, 5.74) is 0. The van der Waals surface area contributed by atoms with E-state index in [2.05, 4.69) is 29.1 Å². The van der Waals surface area contributed by atoms with Crippen molar-refractivity contribution >= 4 is 0 Å². The first-order valence-electron chi connectivity index (χ1n) is 6.45. The smallest absolute Gasteiger partial charge is 0.0224 e. The van der Waals surface area contributed by atoms with Crippen molar-refractivity contribution in [2.24, 2.45) is 0 Å². The van der Waals surface area contributed by atoms with Crippen LogP contribution in [0.4, 0.5) is 0 Å². The highest BCUT2D eigenvalue weighted by molar-refractivity contribution is 4.87. The quantitative estimate of drug-likeness (QED) is 0.744. The van der Waals surface area contributed by atoms with Crippen molar-refractivity contribution in [3.63, 3.8) is 0 Å². The molecule has 0 aromatic rings. The SMILES string of the molecule is CCNC1CCN(C2CCCN(C)C2)C1. The summed E-state index contributed by atoms with van der Waals surface area (Å²) in [5, 5.41) is 3.57. The van der Waals surface area contributed by atoms with Crippen LogP contribution >= 0.6 is 0 Å². The molecule has 0 radical (unpaired) electrons. The van der Waals surface area contributed by atoms with E-state index in [1.807, 2.05) is 0 Å². The number of likely N-dealkylation sites (tertiary alicyclic amines) is 2. The molecule has 2 atom stereocenters. The highest BCUT2D eigenvalue weighted by atomic mass is 15.3. The van der Waals surface area contributed by atoms with Crippen LogP contribution < -0.4 is 5.32 Å². The van der Waals surface area contributed by atoms with E-state index < -0.39 is 0 Å². The van der Waals surface area contributed by atoms with Crippen LogP contribution in [0.2, 0.25) is 0 Å². The first-order chi connectivity index (χ1) is 7.29. The molecule has 0 bridgehead atoms. The normalized spacial score (nSPS) is 34.8. The summed E-state index contributed by atoms with van der Waals surface area (Å²) in [6.07, 6.45) is 4.13. The van der Waals surface area contributed by atoms with Crippen LogP contribution in [-0.4, -0.2) is 61.7 Å². The number of nitrogens with zero attached hydrogens (tertiary/aromatic N) is 2. The second-order valence-electron chi connectivity index (χ2n) is 5.10. The molecule has 3 heteroatoms. The standard InChI is InChI=1S/C12H25N3/c1-3-13-11-6-8-15(9-11)12-5-4-7-14(2)10-12/h11-13H,3-10H2,1-2H3. The van der Waals surface area contributed by atoms with E-state index in [1.165, 1.54) is 45.4 Å². The fraction of sp³-hybridized carbons (Fsp3) is 1.00. The number of hydrogen-bond donors (Lipinski definition) is 1. The Morgan fingerprint density at radius 1 is 1.20 bits per heavy atom. The number of piperidine rings is 1. The van der Waals surface area contributed by atoms with Crippen molar-refractivity contribution in [2.75, 3.05) is 39.8 Å². The van der Waals surface area contributed by atoms with Gasteiger partial charge in [-0.15, -0.1) is 0 Å². The number of likely N-dealkylation sites (N-methyl/N-ethyl adjacent to an activating group) is 2. The van der Waals surface area contributed by atoms with Crippen molar-refractivity contribution in [2.45, 2.75) is 38.3 Å². The lowest BCUT2D eigenvalue weighted by molar-refractivity contribution is 0.131. The molecule has 0 saturated carbocycles. The van der Waals surface area contributed by atoms with Gasteiger partial charge in [0.2, 0.25) is 0 Å². The number of rotatable bonds is 3. The Balaban J connectivity index is 1.79. The Labute approximate surface area is 93.8 Å². The van der Waals surface area contributed by atoms with Crippen molar-refractivity contribution in [3.05, 3.63) is 0 Å². The molecule has 0 aromatic heterocycles. The van der Waals surface area contributed by atoms with Gasteiger partial charge in [-0.05, 0) is 39.4 Å². The summed E-state index contributed by atoms with van der Waals surface area (Å²) in [4.78, 5) is 5.18. The topological polar surface area (TPSA) is 18.5 Å². The van der Waals surface area contributed by atoms with E-state index in [1.54, 1.807) is 0 Å². The van der Waals surface area contributed by atoms with Gasteiger partial charge in [0.25, 0.3) is 0 Å². The second kappa shape index (κ2) is 5.28. The van der Waals surface area contributed by atoms with Gasteiger partial charge >= 0.3 is 0 Å². The third-order valence-electron chi connectivity index (χ3n) is 3.83. The highest BCUT2D eigenvalue weighted by Gasteiger charge is 2.29. The minimum Gasteiger partial charge on any atom is -0.313 e. The maximum atomic E-state index is 3.57. The molecule has 2 fully saturated rings. The van der Waals surface area contributed by atoms with E-state index in [9.17, 15) is 0 Å².